The van der Waals surface area contributed by atoms with Gasteiger partial charge in [0.2, 0.25) is 0 Å². The number of hydrogen-bond donors (Lipinski definition) is 1. The summed E-state index contributed by atoms with van der Waals surface area (Å²) < 4.78 is 6.52. The molecule has 0 saturated carbocycles. The van der Waals surface area contributed by atoms with Gasteiger partial charge in [0.15, 0.2) is 6.04 Å². The number of carbonyl (C=O) groups excluding carboxylic acids is 1. The van der Waals surface area contributed by atoms with E-state index in [2.05, 4.69) is 27.0 Å². The maximum absolute atomic E-state index is 12.0. The molecule has 20 heavy (non-hydrogen) atoms. The number of H-pyrrole nitrogens is 1. The zero-order chi connectivity index (χ0) is 14.9. The predicted molar refractivity (Wildman–Crippen MR) is 83.5 cm³/mol. The fourth-order valence-corrected chi connectivity index (χ4v) is 2.71. The van der Waals surface area contributed by atoms with Crippen molar-refractivity contribution in [1.29, 1.82) is 0 Å². The molecule has 5 heteroatoms. The van der Waals surface area contributed by atoms with Gasteiger partial charge < -0.3 is 14.2 Å². The number of quaternary nitrogens is 1. The van der Waals surface area contributed by atoms with Crippen LogP contribution in [0.4, 0.5) is 0 Å². The lowest BCUT2D eigenvalue weighted by molar-refractivity contribution is -0.887. The molecule has 1 heterocycles. The summed E-state index contributed by atoms with van der Waals surface area (Å²) >= 11 is 3.46. The van der Waals surface area contributed by atoms with Crippen LogP contribution in [-0.4, -0.2) is 49.7 Å². The molecular weight excluding hydrogens is 320 g/mol. The highest BCUT2D eigenvalue weighted by molar-refractivity contribution is 9.10. The van der Waals surface area contributed by atoms with Crippen LogP contribution in [0.25, 0.3) is 10.9 Å². The highest BCUT2D eigenvalue weighted by atomic mass is 79.9. The van der Waals surface area contributed by atoms with E-state index in [4.69, 9.17) is 4.74 Å². The number of aromatic amines is 1. The topological polar surface area (TPSA) is 42.1 Å². The molecule has 1 atom stereocenters. The number of hydrogen-bond acceptors (Lipinski definition) is 2. The number of nitrogens with zero attached hydrogens (tertiary/aromatic N) is 1. The van der Waals surface area contributed by atoms with Gasteiger partial charge in [0.1, 0.15) is 0 Å². The maximum atomic E-state index is 12.0. The molecule has 0 aliphatic heterocycles. The Morgan fingerprint density at radius 1 is 1.40 bits per heavy atom. The van der Waals surface area contributed by atoms with Gasteiger partial charge in [-0.05, 0) is 17.7 Å². The van der Waals surface area contributed by atoms with E-state index in [0.717, 1.165) is 20.9 Å². The number of methoxy groups -OCH3 is 1. The van der Waals surface area contributed by atoms with Gasteiger partial charge in [0, 0.05) is 28.0 Å². The minimum absolute atomic E-state index is 0.177. The highest BCUT2D eigenvalue weighted by Crippen LogP contribution is 2.24. The average molecular weight is 340 g/mol. The van der Waals surface area contributed by atoms with E-state index in [-0.39, 0.29) is 12.0 Å². The smallest absolute Gasteiger partial charge is 0.365 e. The predicted octanol–water partition coefficient (Wildman–Crippen LogP) is 2.72. The van der Waals surface area contributed by atoms with Crippen molar-refractivity contribution in [3.63, 3.8) is 0 Å². The molecule has 1 aromatic carbocycles. The van der Waals surface area contributed by atoms with Gasteiger partial charge in [-0.25, -0.2) is 4.79 Å². The lowest BCUT2D eigenvalue weighted by Crippen LogP contribution is -2.51. The molecule has 0 aliphatic rings. The van der Waals surface area contributed by atoms with Crippen LogP contribution in [0.15, 0.2) is 28.9 Å². The van der Waals surface area contributed by atoms with Crippen LogP contribution in [0.1, 0.15) is 5.56 Å². The van der Waals surface area contributed by atoms with Crippen LogP contribution < -0.4 is 0 Å². The Morgan fingerprint density at radius 3 is 2.70 bits per heavy atom. The molecule has 0 spiro atoms. The van der Waals surface area contributed by atoms with E-state index < -0.39 is 0 Å². The van der Waals surface area contributed by atoms with Crippen LogP contribution in [0.5, 0.6) is 0 Å². The lowest BCUT2D eigenvalue weighted by atomic mass is 10.0. The van der Waals surface area contributed by atoms with Gasteiger partial charge in [-0.1, -0.05) is 22.0 Å². The van der Waals surface area contributed by atoms with Crippen molar-refractivity contribution in [2.45, 2.75) is 12.5 Å². The van der Waals surface area contributed by atoms with Crippen molar-refractivity contribution < 1.29 is 14.0 Å². The molecule has 0 bridgehead atoms. The Kier molecular flexibility index (Phi) is 4.20. The van der Waals surface area contributed by atoms with E-state index in [1.54, 1.807) is 0 Å². The number of fused-ring (bicyclic) bond motifs is 1. The Morgan fingerprint density at radius 2 is 2.10 bits per heavy atom. The van der Waals surface area contributed by atoms with E-state index >= 15 is 0 Å². The minimum atomic E-state index is -0.220. The van der Waals surface area contributed by atoms with Crippen molar-refractivity contribution in [3.8, 4) is 0 Å². The van der Waals surface area contributed by atoms with Crippen LogP contribution >= 0.6 is 15.9 Å². The molecule has 1 N–H and O–H groups in total. The number of likely N-dealkylation sites (N-methyl/N-ethyl adjacent to an activating group) is 1. The van der Waals surface area contributed by atoms with Crippen LogP contribution in [0.2, 0.25) is 0 Å². The van der Waals surface area contributed by atoms with E-state index in [0.29, 0.717) is 10.9 Å². The van der Waals surface area contributed by atoms with Crippen molar-refractivity contribution in [1.82, 2.24) is 4.98 Å². The van der Waals surface area contributed by atoms with Crippen molar-refractivity contribution >= 4 is 32.8 Å². The molecule has 1 aromatic heterocycles. The summed E-state index contributed by atoms with van der Waals surface area (Å²) in [5.41, 5.74) is 2.20. The number of rotatable bonds is 4. The zero-order valence-electron chi connectivity index (χ0n) is 12.2. The number of carbonyl (C=O) groups is 1. The number of benzene rings is 1. The number of nitrogens with one attached hydrogen (secondary N) is 1. The molecule has 2 rings (SSSR count). The summed E-state index contributed by atoms with van der Waals surface area (Å²) in [5.74, 6) is -0.177. The number of esters is 1. The second kappa shape index (κ2) is 5.58. The quantitative estimate of drug-likeness (QED) is 0.687. The average Bonchev–Trinajstić information content (AvgIpc) is 2.75. The largest absolute Gasteiger partial charge is 0.465 e. The normalized spacial score (nSPS) is 13.4. The van der Waals surface area contributed by atoms with E-state index in [9.17, 15) is 4.79 Å². The first-order valence-electron chi connectivity index (χ1n) is 6.47. The third kappa shape index (κ3) is 3.04. The maximum Gasteiger partial charge on any atom is 0.365 e. The van der Waals surface area contributed by atoms with Crippen molar-refractivity contribution in [2.24, 2.45) is 0 Å². The second-order valence-electron chi connectivity index (χ2n) is 5.86. The molecular formula is C15H20BrN2O2+. The Labute approximate surface area is 127 Å². The Hall–Kier alpha value is -1.33. The van der Waals surface area contributed by atoms with E-state index in [1.165, 1.54) is 7.11 Å². The van der Waals surface area contributed by atoms with Gasteiger partial charge in [-0.15, -0.1) is 0 Å². The first-order chi connectivity index (χ1) is 9.32. The summed E-state index contributed by atoms with van der Waals surface area (Å²) in [6.45, 7) is 0. The zero-order valence-corrected chi connectivity index (χ0v) is 13.8. The molecule has 0 aliphatic carbocycles. The molecule has 0 saturated heterocycles. The summed E-state index contributed by atoms with van der Waals surface area (Å²) in [6, 6.07) is 5.90. The summed E-state index contributed by atoms with van der Waals surface area (Å²) in [4.78, 5) is 15.3. The fraction of sp³-hybridized carbons (Fsp3) is 0.400. The van der Waals surface area contributed by atoms with Gasteiger partial charge in [0.05, 0.1) is 28.3 Å². The van der Waals surface area contributed by atoms with Crippen LogP contribution in [0, 0.1) is 0 Å². The molecule has 4 nitrogen and oxygen atoms in total. The molecule has 0 radical (unpaired) electrons. The Bertz CT molecular complexity index is 628. The number of halogens is 1. The van der Waals surface area contributed by atoms with Gasteiger partial charge in [0.25, 0.3) is 0 Å². The first-order valence-corrected chi connectivity index (χ1v) is 7.26. The number of aromatic nitrogens is 1. The van der Waals surface area contributed by atoms with Gasteiger partial charge in [-0.2, -0.15) is 0 Å². The molecule has 2 aromatic rings. The van der Waals surface area contributed by atoms with Gasteiger partial charge in [-0.3, -0.25) is 0 Å². The fourth-order valence-electron chi connectivity index (χ4n) is 2.35. The second-order valence-corrected chi connectivity index (χ2v) is 6.78. The first kappa shape index (κ1) is 15.1. The van der Waals surface area contributed by atoms with Crippen molar-refractivity contribution in [2.75, 3.05) is 28.3 Å². The molecule has 0 fully saturated rings. The Balaban J connectivity index is 2.36. The van der Waals surface area contributed by atoms with Crippen LogP contribution in [0.3, 0.4) is 0 Å². The number of ether oxygens (including phenoxy) is 1. The van der Waals surface area contributed by atoms with E-state index in [1.807, 2.05) is 39.5 Å². The third-order valence-corrected chi connectivity index (χ3v) is 4.04. The summed E-state index contributed by atoms with van der Waals surface area (Å²) in [5, 5.41) is 1.15. The molecule has 0 amide bonds. The summed E-state index contributed by atoms with van der Waals surface area (Å²) in [6.07, 6.45) is 2.63. The van der Waals surface area contributed by atoms with Gasteiger partial charge >= 0.3 is 5.97 Å². The minimum Gasteiger partial charge on any atom is -0.465 e. The third-order valence-electron chi connectivity index (χ3n) is 3.55. The van der Waals surface area contributed by atoms with Crippen LogP contribution in [-0.2, 0) is 16.0 Å². The standard InChI is InChI=1S/C15H20BrN2O2/c1-18(2,3)14(15(19)20-4)7-10-9-17-13-8-11(16)5-6-12(10)13/h5-6,8-9,14,17H,7H2,1-4H3/q+1/t14-/m1/s1. The monoisotopic (exact) mass is 339 g/mol. The molecule has 0 unspecified atom stereocenters. The lowest BCUT2D eigenvalue weighted by Gasteiger charge is -2.31. The SMILES string of the molecule is COC(=O)[C@@H](Cc1c[nH]c2cc(Br)ccc12)[N+](C)(C)C. The van der Waals surface area contributed by atoms with Crippen molar-refractivity contribution in [3.05, 3.63) is 34.4 Å². The summed E-state index contributed by atoms with van der Waals surface area (Å²) in [7, 11) is 7.46. The molecule has 108 valence electrons. The highest BCUT2D eigenvalue weighted by Gasteiger charge is 2.33.